The number of carbonyl (C=O) groups excluding carboxylic acids is 2. The fourth-order valence-corrected chi connectivity index (χ4v) is 6.12. The molecule has 0 aliphatic carbocycles. The van der Waals surface area contributed by atoms with Gasteiger partial charge in [0.2, 0.25) is 11.8 Å². The van der Waals surface area contributed by atoms with Gasteiger partial charge in [0.25, 0.3) is 0 Å². The number of hydrogen-bond donors (Lipinski definition) is 5. The standard InChI is InChI=1S/C27H46N7O10P/c1-14(21(36)41-12-25(3,4)5)32-45(39,33-15(2)22(37)44-26(6,7)8)42-11-16-18(35)27(9,38)23(43-16)34-13-29-17-19(34)30-24(28)31-20(17)40-10/h13-16,18,23,35,38H,11-12H2,1-10H3,(H2,28,30,31)(H2,32,33,39)/t14-,15-,16+,18+,23+,27+,45?/m0/s1. The van der Waals surface area contributed by atoms with Gasteiger partial charge < -0.3 is 39.4 Å². The minimum Gasteiger partial charge on any atom is -0.479 e. The lowest BCUT2D eigenvalue weighted by Gasteiger charge is -2.29. The molecule has 1 saturated heterocycles. The lowest BCUT2D eigenvalue weighted by atomic mass is 9.96. The van der Waals surface area contributed by atoms with Gasteiger partial charge in [-0.15, -0.1) is 0 Å². The predicted molar refractivity (Wildman–Crippen MR) is 162 cm³/mol. The minimum atomic E-state index is -4.27. The highest BCUT2D eigenvalue weighted by atomic mass is 31.2. The fourth-order valence-electron chi connectivity index (χ4n) is 4.31. The molecule has 0 aromatic carbocycles. The number of esters is 2. The lowest BCUT2D eigenvalue weighted by molar-refractivity contribution is -0.156. The van der Waals surface area contributed by atoms with Crippen LogP contribution in [0.4, 0.5) is 5.95 Å². The largest absolute Gasteiger partial charge is 0.479 e. The third-order valence-electron chi connectivity index (χ3n) is 6.52. The molecule has 0 bridgehead atoms. The van der Waals surface area contributed by atoms with Gasteiger partial charge in [0.15, 0.2) is 17.4 Å². The number of aliphatic hydroxyl groups excluding tert-OH is 1. The molecule has 1 fully saturated rings. The molecule has 2 aromatic rings. The maximum Gasteiger partial charge on any atom is 0.342 e. The van der Waals surface area contributed by atoms with Crippen molar-refractivity contribution in [1.82, 2.24) is 29.7 Å². The van der Waals surface area contributed by atoms with E-state index in [1.54, 1.807) is 20.8 Å². The minimum absolute atomic E-state index is 0.0988. The summed E-state index contributed by atoms with van der Waals surface area (Å²) < 4.78 is 43.1. The Balaban J connectivity index is 1.84. The van der Waals surface area contributed by atoms with Crippen LogP contribution in [-0.2, 0) is 32.9 Å². The molecular formula is C27H46N7O10P. The number of rotatable bonds is 12. The molecular weight excluding hydrogens is 613 g/mol. The molecule has 1 aliphatic rings. The molecule has 3 rings (SSSR count). The van der Waals surface area contributed by atoms with E-state index in [0.29, 0.717) is 0 Å². The van der Waals surface area contributed by atoms with Crippen molar-refractivity contribution in [2.75, 3.05) is 26.1 Å². The highest BCUT2D eigenvalue weighted by Crippen LogP contribution is 2.44. The number of ether oxygens (including phenoxy) is 4. The zero-order valence-corrected chi connectivity index (χ0v) is 28.2. The van der Waals surface area contributed by atoms with E-state index in [9.17, 15) is 24.4 Å². The van der Waals surface area contributed by atoms with Crippen molar-refractivity contribution < 1.29 is 47.8 Å². The zero-order chi connectivity index (χ0) is 34.1. The molecule has 254 valence electrons. The molecule has 1 unspecified atom stereocenters. The van der Waals surface area contributed by atoms with Crippen LogP contribution in [-0.4, -0.2) is 97.5 Å². The second-order valence-corrected chi connectivity index (χ2v) is 15.2. The molecule has 3 heterocycles. The first-order chi connectivity index (χ1) is 20.6. The molecule has 0 saturated carbocycles. The summed E-state index contributed by atoms with van der Waals surface area (Å²) in [6.45, 7) is 14.4. The van der Waals surface area contributed by atoms with Gasteiger partial charge in [0, 0.05) is 0 Å². The van der Waals surface area contributed by atoms with Gasteiger partial charge in [-0.3, -0.25) is 18.7 Å². The average Bonchev–Trinajstić information content (AvgIpc) is 3.41. The molecule has 45 heavy (non-hydrogen) atoms. The Kier molecular flexibility index (Phi) is 10.9. The molecule has 0 radical (unpaired) electrons. The zero-order valence-electron chi connectivity index (χ0n) is 27.4. The number of imidazole rings is 1. The van der Waals surface area contributed by atoms with Gasteiger partial charge in [-0.2, -0.15) is 9.97 Å². The van der Waals surface area contributed by atoms with Crippen LogP contribution in [0.2, 0.25) is 0 Å². The van der Waals surface area contributed by atoms with E-state index >= 15 is 0 Å². The highest BCUT2D eigenvalue weighted by Gasteiger charge is 2.54. The van der Waals surface area contributed by atoms with E-state index in [1.807, 2.05) is 20.8 Å². The molecule has 6 N–H and O–H groups in total. The Morgan fingerprint density at radius 2 is 1.76 bits per heavy atom. The van der Waals surface area contributed by atoms with E-state index < -0.39 is 67.9 Å². The number of nitrogen functional groups attached to an aromatic ring is 1. The number of carbonyl (C=O) groups is 2. The van der Waals surface area contributed by atoms with Crippen molar-refractivity contribution in [2.24, 2.45) is 5.41 Å². The summed E-state index contributed by atoms with van der Waals surface area (Å²) in [6.07, 6.45) is -2.75. The Hall–Kier alpha value is -2.92. The SMILES string of the molecule is COc1nc(N)nc2c1ncn2[C@@H]1O[C@H](COP(=O)(N[C@@H](C)C(=O)OCC(C)(C)C)N[C@@H](C)C(=O)OC(C)(C)C)[C@@H](O)[C@@]1(C)O. The number of nitrogens with zero attached hydrogens (tertiary/aromatic N) is 4. The van der Waals surface area contributed by atoms with Crippen LogP contribution in [0, 0.1) is 5.41 Å². The first-order valence-electron chi connectivity index (χ1n) is 14.4. The fraction of sp³-hybridized carbons (Fsp3) is 0.741. The second-order valence-electron chi connectivity index (χ2n) is 13.4. The summed E-state index contributed by atoms with van der Waals surface area (Å²) >= 11 is 0. The number of aromatic nitrogens is 4. The Morgan fingerprint density at radius 3 is 2.31 bits per heavy atom. The Bertz CT molecular complexity index is 1420. The van der Waals surface area contributed by atoms with Gasteiger partial charge in [0.05, 0.1) is 26.7 Å². The molecule has 0 amide bonds. The Labute approximate surface area is 262 Å². The third kappa shape index (κ3) is 9.09. The molecule has 2 aromatic heterocycles. The first kappa shape index (κ1) is 36.5. The summed E-state index contributed by atoms with van der Waals surface area (Å²) in [5.41, 5.74) is 3.16. The van der Waals surface area contributed by atoms with Crippen LogP contribution in [0.1, 0.15) is 68.5 Å². The molecule has 18 heteroatoms. The van der Waals surface area contributed by atoms with Gasteiger partial charge in [-0.05, 0) is 47.0 Å². The predicted octanol–water partition coefficient (Wildman–Crippen LogP) is 1.44. The van der Waals surface area contributed by atoms with Crippen molar-refractivity contribution >= 4 is 36.7 Å². The van der Waals surface area contributed by atoms with Crippen LogP contribution in [0.3, 0.4) is 0 Å². The quantitative estimate of drug-likeness (QED) is 0.160. The van der Waals surface area contributed by atoms with Crippen LogP contribution >= 0.6 is 7.67 Å². The number of anilines is 1. The number of aliphatic hydroxyl groups is 2. The van der Waals surface area contributed by atoms with Crippen molar-refractivity contribution in [2.45, 2.75) is 104 Å². The van der Waals surface area contributed by atoms with E-state index in [-0.39, 0.29) is 35.0 Å². The second kappa shape index (κ2) is 13.4. The summed E-state index contributed by atoms with van der Waals surface area (Å²) in [6, 6.07) is -2.29. The van der Waals surface area contributed by atoms with Gasteiger partial charge in [-0.25, -0.2) is 15.2 Å². The Morgan fingerprint density at radius 1 is 1.16 bits per heavy atom. The number of methoxy groups -OCH3 is 1. The summed E-state index contributed by atoms with van der Waals surface area (Å²) in [5.74, 6) is -1.45. The first-order valence-corrected chi connectivity index (χ1v) is 16.0. The van der Waals surface area contributed by atoms with Crippen LogP contribution in [0.5, 0.6) is 5.88 Å². The number of fused-ring (bicyclic) bond motifs is 1. The average molecular weight is 660 g/mol. The van der Waals surface area contributed by atoms with Gasteiger partial charge in [0.1, 0.15) is 35.5 Å². The normalized spacial score (nSPS) is 25.0. The summed E-state index contributed by atoms with van der Waals surface area (Å²) in [5, 5.41) is 27.6. The summed E-state index contributed by atoms with van der Waals surface area (Å²) in [7, 11) is -2.89. The molecule has 7 atom stereocenters. The maximum atomic E-state index is 14.1. The maximum absolute atomic E-state index is 14.1. The number of nitrogens with one attached hydrogen (secondary N) is 2. The van der Waals surface area contributed by atoms with E-state index in [2.05, 4.69) is 25.1 Å². The van der Waals surface area contributed by atoms with Crippen molar-refractivity contribution in [3.63, 3.8) is 0 Å². The number of hydrogen-bond acceptors (Lipinski definition) is 14. The topological polar surface area (TPSA) is 231 Å². The van der Waals surface area contributed by atoms with Crippen LogP contribution in [0.15, 0.2) is 6.33 Å². The van der Waals surface area contributed by atoms with Crippen LogP contribution in [0.25, 0.3) is 11.2 Å². The van der Waals surface area contributed by atoms with E-state index in [1.165, 1.54) is 38.8 Å². The number of nitrogens with two attached hydrogens (primary N) is 1. The van der Waals surface area contributed by atoms with Crippen molar-refractivity contribution in [1.29, 1.82) is 0 Å². The van der Waals surface area contributed by atoms with Gasteiger partial charge in [-0.1, -0.05) is 20.8 Å². The summed E-state index contributed by atoms with van der Waals surface area (Å²) in [4.78, 5) is 37.8. The van der Waals surface area contributed by atoms with E-state index in [0.717, 1.165) is 0 Å². The molecule has 17 nitrogen and oxygen atoms in total. The lowest BCUT2D eigenvalue weighted by Crippen LogP contribution is -2.46. The molecule has 1 aliphatic heterocycles. The van der Waals surface area contributed by atoms with Crippen molar-refractivity contribution in [3.05, 3.63) is 6.33 Å². The highest BCUT2D eigenvalue weighted by molar-refractivity contribution is 7.54. The van der Waals surface area contributed by atoms with E-state index in [4.69, 9.17) is 29.2 Å². The monoisotopic (exact) mass is 659 g/mol. The van der Waals surface area contributed by atoms with Gasteiger partial charge >= 0.3 is 19.6 Å². The van der Waals surface area contributed by atoms with Crippen molar-refractivity contribution in [3.8, 4) is 5.88 Å². The third-order valence-corrected chi connectivity index (χ3v) is 8.48. The smallest absolute Gasteiger partial charge is 0.342 e. The molecule has 0 spiro atoms. The van der Waals surface area contributed by atoms with Crippen LogP contribution < -0.4 is 20.6 Å².